The molecule has 1 aromatic rings. The molecule has 1 aromatic carbocycles. The smallest absolute Gasteiger partial charge is 0.319 e. The predicted molar refractivity (Wildman–Crippen MR) is 81.2 cm³/mol. The SMILES string of the molecule is Cc1ccc(NC(=O)NC2CCC(CO)CC2)c(Cl)c1. The van der Waals surface area contributed by atoms with Crippen molar-refractivity contribution in [2.75, 3.05) is 11.9 Å². The van der Waals surface area contributed by atoms with Gasteiger partial charge in [0.15, 0.2) is 0 Å². The average molecular weight is 297 g/mol. The molecule has 0 heterocycles. The second-order valence-corrected chi connectivity index (χ2v) is 5.89. The minimum atomic E-state index is -0.219. The van der Waals surface area contributed by atoms with Gasteiger partial charge in [-0.3, -0.25) is 0 Å². The van der Waals surface area contributed by atoms with Crippen molar-refractivity contribution >= 4 is 23.3 Å². The van der Waals surface area contributed by atoms with Gasteiger partial charge in [0.05, 0.1) is 10.7 Å². The van der Waals surface area contributed by atoms with E-state index in [9.17, 15) is 4.79 Å². The Labute approximate surface area is 124 Å². The molecule has 0 aromatic heterocycles. The van der Waals surface area contributed by atoms with Crippen LogP contribution in [-0.4, -0.2) is 23.8 Å². The Hall–Kier alpha value is -1.26. The van der Waals surface area contributed by atoms with Crippen molar-refractivity contribution in [2.45, 2.75) is 38.6 Å². The molecule has 5 heteroatoms. The van der Waals surface area contributed by atoms with Crippen LogP contribution in [0, 0.1) is 12.8 Å². The van der Waals surface area contributed by atoms with Gasteiger partial charge >= 0.3 is 6.03 Å². The van der Waals surface area contributed by atoms with Crippen molar-refractivity contribution in [2.24, 2.45) is 5.92 Å². The van der Waals surface area contributed by atoms with E-state index >= 15 is 0 Å². The summed E-state index contributed by atoms with van der Waals surface area (Å²) in [7, 11) is 0. The molecule has 2 amide bonds. The molecule has 20 heavy (non-hydrogen) atoms. The van der Waals surface area contributed by atoms with E-state index in [0.29, 0.717) is 16.6 Å². The van der Waals surface area contributed by atoms with Gasteiger partial charge in [0.2, 0.25) is 0 Å². The van der Waals surface area contributed by atoms with Gasteiger partial charge in [0.25, 0.3) is 0 Å². The van der Waals surface area contributed by atoms with Gasteiger partial charge in [-0.25, -0.2) is 4.79 Å². The summed E-state index contributed by atoms with van der Waals surface area (Å²) in [6, 6.07) is 5.50. The number of carbonyl (C=O) groups excluding carboxylic acids is 1. The summed E-state index contributed by atoms with van der Waals surface area (Å²) in [6.45, 7) is 2.20. The Kier molecular flexibility index (Phi) is 5.26. The van der Waals surface area contributed by atoms with Crippen LogP contribution in [0.15, 0.2) is 18.2 Å². The highest BCUT2D eigenvalue weighted by Crippen LogP contribution is 2.25. The molecule has 1 aliphatic carbocycles. The van der Waals surface area contributed by atoms with Crippen LogP contribution >= 0.6 is 11.6 Å². The summed E-state index contributed by atoms with van der Waals surface area (Å²) in [5.41, 5.74) is 1.68. The van der Waals surface area contributed by atoms with Crippen LogP contribution in [0.3, 0.4) is 0 Å². The number of benzene rings is 1. The number of amides is 2. The first-order valence-electron chi connectivity index (χ1n) is 7.03. The molecule has 3 N–H and O–H groups in total. The third-order valence-corrected chi connectivity index (χ3v) is 4.13. The lowest BCUT2D eigenvalue weighted by atomic mass is 9.87. The molecule has 2 rings (SSSR count). The van der Waals surface area contributed by atoms with Crippen molar-refractivity contribution in [3.63, 3.8) is 0 Å². The van der Waals surface area contributed by atoms with Gasteiger partial charge in [0.1, 0.15) is 0 Å². The monoisotopic (exact) mass is 296 g/mol. The minimum absolute atomic E-state index is 0.182. The zero-order valence-corrected chi connectivity index (χ0v) is 12.4. The Balaban J connectivity index is 1.84. The third kappa shape index (κ3) is 4.12. The minimum Gasteiger partial charge on any atom is -0.396 e. The molecule has 0 aliphatic heterocycles. The maximum Gasteiger partial charge on any atom is 0.319 e. The summed E-state index contributed by atoms with van der Waals surface area (Å²) < 4.78 is 0. The van der Waals surface area contributed by atoms with E-state index in [1.165, 1.54) is 0 Å². The first-order chi connectivity index (χ1) is 9.58. The summed E-state index contributed by atoms with van der Waals surface area (Å²) in [5, 5.41) is 15.4. The van der Waals surface area contributed by atoms with E-state index in [-0.39, 0.29) is 18.7 Å². The van der Waals surface area contributed by atoms with Gasteiger partial charge in [-0.1, -0.05) is 17.7 Å². The van der Waals surface area contributed by atoms with Crippen molar-refractivity contribution < 1.29 is 9.90 Å². The molecule has 0 spiro atoms. The highest BCUT2D eigenvalue weighted by molar-refractivity contribution is 6.33. The number of anilines is 1. The predicted octanol–water partition coefficient (Wildman–Crippen LogP) is 3.32. The van der Waals surface area contributed by atoms with Crippen molar-refractivity contribution in [1.82, 2.24) is 5.32 Å². The standard InChI is InChI=1S/C15H21ClN2O2/c1-10-2-7-14(13(16)8-10)18-15(20)17-12-5-3-11(9-19)4-6-12/h2,7-8,11-12,19H,3-6,9H2,1H3,(H2,17,18,20). The van der Waals surface area contributed by atoms with Crippen LogP contribution in [0.25, 0.3) is 0 Å². The van der Waals surface area contributed by atoms with Crippen LogP contribution in [-0.2, 0) is 0 Å². The molecule has 0 saturated heterocycles. The zero-order chi connectivity index (χ0) is 14.5. The number of aliphatic hydroxyl groups excluding tert-OH is 1. The van der Waals surface area contributed by atoms with E-state index in [0.717, 1.165) is 31.2 Å². The molecule has 1 fully saturated rings. The number of rotatable bonds is 3. The summed E-state index contributed by atoms with van der Waals surface area (Å²) in [5.74, 6) is 0.391. The van der Waals surface area contributed by atoms with Crippen LogP contribution < -0.4 is 10.6 Å². The maximum absolute atomic E-state index is 11.9. The average Bonchev–Trinajstić information content (AvgIpc) is 2.43. The van der Waals surface area contributed by atoms with Crippen LogP contribution in [0.2, 0.25) is 5.02 Å². The summed E-state index contributed by atoms with van der Waals surface area (Å²) in [6.07, 6.45) is 3.76. The van der Waals surface area contributed by atoms with Crippen molar-refractivity contribution in [3.8, 4) is 0 Å². The van der Waals surface area contributed by atoms with Gasteiger partial charge in [-0.2, -0.15) is 0 Å². The van der Waals surface area contributed by atoms with E-state index in [4.69, 9.17) is 16.7 Å². The largest absolute Gasteiger partial charge is 0.396 e. The lowest BCUT2D eigenvalue weighted by molar-refractivity contribution is 0.176. The summed E-state index contributed by atoms with van der Waals surface area (Å²) in [4.78, 5) is 11.9. The van der Waals surface area contributed by atoms with Gasteiger partial charge in [0, 0.05) is 12.6 Å². The number of nitrogens with one attached hydrogen (secondary N) is 2. The molecule has 4 nitrogen and oxygen atoms in total. The highest BCUT2D eigenvalue weighted by atomic mass is 35.5. The van der Waals surface area contributed by atoms with E-state index < -0.39 is 0 Å². The van der Waals surface area contributed by atoms with Gasteiger partial charge in [-0.15, -0.1) is 0 Å². The number of carbonyl (C=O) groups is 1. The molecule has 1 saturated carbocycles. The van der Waals surface area contributed by atoms with Crippen LogP contribution in [0.5, 0.6) is 0 Å². The topological polar surface area (TPSA) is 61.4 Å². The number of halogens is 1. The molecule has 1 aliphatic rings. The Morgan fingerprint density at radius 3 is 2.65 bits per heavy atom. The summed E-state index contributed by atoms with van der Waals surface area (Å²) >= 11 is 6.08. The first kappa shape index (κ1) is 15.1. The molecule has 0 atom stereocenters. The van der Waals surface area contributed by atoms with E-state index in [2.05, 4.69) is 10.6 Å². The fourth-order valence-electron chi connectivity index (χ4n) is 2.55. The molecule has 0 bridgehead atoms. The lowest BCUT2D eigenvalue weighted by Crippen LogP contribution is -2.40. The number of aryl methyl sites for hydroxylation is 1. The number of urea groups is 1. The molecular weight excluding hydrogens is 276 g/mol. The highest BCUT2D eigenvalue weighted by Gasteiger charge is 2.21. The van der Waals surface area contributed by atoms with Crippen LogP contribution in [0.4, 0.5) is 10.5 Å². The number of hydrogen-bond donors (Lipinski definition) is 3. The van der Waals surface area contributed by atoms with E-state index in [1.807, 2.05) is 19.1 Å². The molecule has 0 unspecified atom stereocenters. The normalized spacial score (nSPS) is 22.4. The second-order valence-electron chi connectivity index (χ2n) is 5.48. The fraction of sp³-hybridized carbons (Fsp3) is 0.533. The zero-order valence-electron chi connectivity index (χ0n) is 11.7. The van der Waals surface area contributed by atoms with Crippen molar-refractivity contribution in [1.29, 1.82) is 0 Å². The maximum atomic E-state index is 11.9. The Morgan fingerprint density at radius 2 is 2.05 bits per heavy atom. The van der Waals surface area contributed by atoms with Gasteiger partial charge < -0.3 is 15.7 Å². The fourth-order valence-corrected chi connectivity index (χ4v) is 2.84. The Bertz CT molecular complexity index is 471. The van der Waals surface area contributed by atoms with E-state index in [1.54, 1.807) is 6.07 Å². The molecule has 110 valence electrons. The molecule has 0 radical (unpaired) electrons. The Morgan fingerprint density at radius 1 is 1.35 bits per heavy atom. The van der Waals surface area contributed by atoms with Crippen LogP contribution in [0.1, 0.15) is 31.2 Å². The number of hydrogen-bond acceptors (Lipinski definition) is 2. The molecular formula is C15H21ClN2O2. The van der Waals surface area contributed by atoms with Crippen molar-refractivity contribution in [3.05, 3.63) is 28.8 Å². The van der Waals surface area contributed by atoms with Gasteiger partial charge in [-0.05, 0) is 56.2 Å². The lowest BCUT2D eigenvalue weighted by Gasteiger charge is -2.28. The third-order valence-electron chi connectivity index (χ3n) is 3.81. The quantitative estimate of drug-likeness (QED) is 0.801. The number of aliphatic hydroxyl groups is 1. The first-order valence-corrected chi connectivity index (χ1v) is 7.41. The second kappa shape index (κ2) is 6.95.